The summed E-state index contributed by atoms with van der Waals surface area (Å²) < 4.78 is 5.98. The Kier molecular flexibility index (Phi) is 5.39. The van der Waals surface area contributed by atoms with Crippen LogP contribution in [0.25, 0.3) is 0 Å². The van der Waals surface area contributed by atoms with Crippen LogP contribution in [0.4, 0.5) is 0 Å². The number of likely N-dealkylation sites (N-methyl/N-ethyl adjacent to an activating group) is 1. The minimum Gasteiger partial charge on any atom is -0.492 e. The molecule has 2 rings (SSSR count). The number of H-pyrrole nitrogens is 1. The Morgan fingerprint density at radius 1 is 1.19 bits per heavy atom. The van der Waals surface area contributed by atoms with Crippen molar-refractivity contribution in [1.29, 1.82) is 0 Å². The van der Waals surface area contributed by atoms with Crippen molar-refractivity contribution < 1.29 is 4.74 Å². The second-order valence-corrected chi connectivity index (χ2v) is 5.41. The zero-order valence-electron chi connectivity index (χ0n) is 13.4. The van der Waals surface area contributed by atoms with Crippen molar-refractivity contribution in [3.63, 3.8) is 0 Å². The number of rotatable bonds is 7. The maximum absolute atomic E-state index is 5.98. The van der Waals surface area contributed by atoms with E-state index < -0.39 is 0 Å². The minimum absolute atomic E-state index is 0.697. The molecule has 2 aromatic rings. The number of imidazole rings is 1. The molecule has 0 radical (unpaired) electrons. The molecule has 0 saturated carbocycles. The maximum atomic E-state index is 5.98. The monoisotopic (exact) mass is 287 g/mol. The van der Waals surface area contributed by atoms with Gasteiger partial charge in [-0.1, -0.05) is 25.1 Å². The second-order valence-electron chi connectivity index (χ2n) is 5.41. The maximum Gasteiger partial charge on any atom is 0.125 e. The molecule has 0 amide bonds. The lowest BCUT2D eigenvalue weighted by Gasteiger charge is -2.20. The molecule has 0 saturated heterocycles. The Morgan fingerprint density at radius 2 is 1.90 bits per heavy atom. The number of aromatic nitrogens is 2. The van der Waals surface area contributed by atoms with Gasteiger partial charge in [0.15, 0.2) is 0 Å². The van der Waals surface area contributed by atoms with Crippen LogP contribution in [0.1, 0.15) is 29.4 Å². The van der Waals surface area contributed by atoms with Crippen LogP contribution >= 0.6 is 0 Å². The Bertz CT molecular complexity index is 557. The first-order chi connectivity index (χ1) is 10.1. The van der Waals surface area contributed by atoms with Gasteiger partial charge < -0.3 is 9.72 Å². The number of benzene rings is 1. The summed E-state index contributed by atoms with van der Waals surface area (Å²) >= 11 is 0. The molecule has 4 nitrogen and oxygen atoms in total. The molecule has 21 heavy (non-hydrogen) atoms. The third kappa shape index (κ3) is 4.08. The molecule has 0 aliphatic carbocycles. The van der Waals surface area contributed by atoms with Crippen LogP contribution in [0.15, 0.2) is 24.5 Å². The van der Waals surface area contributed by atoms with Crippen LogP contribution in [0.2, 0.25) is 0 Å². The summed E-state index contributed by atoms with van der Waals surface area (Å²) in [6.45, 7) is 11.9. The molecule has 0 fully saturated rings. The molecular formula is C17H25N3O. The highest BCUT2D eigenvalue weighted by atomic mass is 16.5. The van der Waals surface area contributed by atoms with Crippen molar-refractivity contribution in [2.24, 2.45) is 0 Å². The first-order valence-electron chi connectivity index (χ1n) is 7.52. The highest BCUT2D eigenvalue weighted by molar-refractivity contribution is 5.39. The molecule has 114 valence electrons. The molecule has 0 bridgehead atoms. The third-order valence-corrected chi connectivity index (χ3v) is 3.82. The molecule has 0 spiro atoms. The van der Waals surface area contributed by atoms with Gasteiger partial charge in [0, 0.05) is 18.8 Å². The number of ether oxygens (including phenoxy) is 1. The molecule has 0 atom stereocenters. The largest absolute Gasteiger partial charge is 0.492 e. The van der Waals surface area contributed by atoms with E-state index in [4.69, 9.17) is 4.74 Å². The fourth-order valence-corrected chi connectivity index (χ4v) is 2.41. The molecule has 0 aliphatic rings. The van der Waals surface area contributed by atoms with E-state index in [0.29, 0.717) is 6.61 Å². The lowest BCUT2D eigenvalue weighted by molar-refractivity contribution is 0.207. The van der Waals surface area contributed by atoms with Gasteiger partial charge in [0.05, 0.1) is 12.0 Å². The quantitative estimate of drug-likeness (QED) is 0.850. The Labute approximate surface area is 127 Å². The van der Waals surface area contributed by atoms with E-state index >= 15 is 0 Å². The number of aromatic amines is 1. The van der Waals surface area contributed by atoms with Crippen LogP contribution in [0, 0.1) is 20.8 Å². The molecule has 1 heterocycles. The van der Waals surface area contributed by atoms with Crippen molar-refractivity contribution in [2.45, 2.75) is 34.2 Å². The van der Waals surface area contributed by atoms with Crippen molar-refractivity contribution in [3.8, 4) is 5.75 Å². The predicted molar refractivity (Wildman–Crippen MR) is 85.7 cm³/mol. The Balaban J connectivity index is 1.88. The van der Waals surface area contributed by atoms with Crippen LogP contribution in [0.3, 0.4) is 0 Å². The number of para-hydroxylation sites is 1. The number of nitrogens with zero attached hydrogens (tertiary/aromatic N) is 2. The molecule has 4 heteroatoms. The van der Waals surface area contributed by atoms with Gasteiger partial charge >= 0.3 is 0 Å². The zero-order chi connectivity index (χ0) is 15.2. The normalized spacial score (nSPS) is 11.1. The lowest BCUT2D eigenvalue weighted by atomic mass is 10.1. The summed E-state index contributed by atoms with van der Waals surface area (Å²) in [5.41, 5.74) is 4.65. The van der Waals surface area contributed by atoms with E-state index in [-0.39, 0.29) is 0 Å². The smallest absolute Gasteiger partial charge is 0.125 e. The van der Waals surface area contributed by atoms with Crippen LogP contribution in [0.5, 0.6) is 5.75 Å². The summed E-state index contributed by atoms with van der Waals surface area (Å²) in [5.74, 6) is 1.02. The van der Waals surface area contributed by atoms with Crippen LogP contribution in [-0.2, 0) is 6.54 Å². The van der Waals surface area contributed by atoms with Gasteiger partial charge in [-0.05, 0) is 38.4 Å². The van der Waals surface area contributed by atoms with Gasteiger partial charge in [0.1, 0.15) is 12.4 Å². The van der Waals surface area contributed by atoms with Gasteiger partial charge in [-0.15, -0.1) is 0 Å². The average Bonchev–Trinajstić information content (AvgIpc) is 2.86. The first-order valence-corrected chi connectivity index (χ1v) is 7.52. The summed E-state index contributed by atoms with van der Waals surface area (Å²) in [7, 11) is 0. The summed E-state index contributed by atoms with van der Waals surface area (Å²) in [6.07, 6.45) is 1.76. The van der Waals surface area contributed by atoms with E-state index in [9.17, 15) is 0 Å². The molecule has 1 N–H and O–H groups in total. The molecule has 0 unspecified atom stereocenters. The van der Waals surface area contributed by atoms with E-state index in [0.717, 1.165) is 36.8 Å². The molecule has 1 aromatic carbocycles. The molecular weight excluding hydrogens is 262 g/mol. The van der Waals surface area contributed by atoms with Crippen molar-refractivity contribution >= 4 is 0 Å². The van der Waals surface area contributed by atoms with Gasteiger partial charge in [0.2, 0.25) is 0 Å². The van der Waals surface area contributed by atoms with Gasteiger partial charge in [-0.2, -0.15) is 0 Å². The number of hydrogen-bond donors (Lipinski definition) is 1. The Hall–Kier alpha value is -1.81. The summed E-state index contributed by atoms with van der Waals surface area (Å²) in [6, 6.07) is 6.25. The van der Waals surface area contributed by atoms with E-state index in [2.05, 4.69) is 60.8 Å². The van der Waals surface area contributed by atoms with Crippen LogP contribution < -0.4 is 4.74 Å². The van der Waals surface area contributed by atoms with Crippen molar-refractivity contribution in [3.05, 3.63) is 47.0 Å². The number of hydrogen-bond acceptors (Lipinski definition) is 3. The summed E-state index contributed by atoms with van der Waals surface area (Å²) in [4.78, 5) is 9.83. The molecule has 1 aromatic heterocycles. The van der Waals surface area contributed by atoms with Crippen LogP contribution in [-0.4, -0.2) is 34.6 Å². The van der Waals surface area contributed by atoms with Gasteiger partial charge in [-0.25, -0.2) is 4.98 Å². The zero-order valence-corrected chi connectivity index (χ0v) is 13.4. The molecule has 0 aliphatic heterocycles. The fraction of sp³-hybridized carbons (Fsp3) is 0.471. The van der Waals surface area contributed by atoms with E-state index in [1.165, 1.54) is 11.1 Å². The number of aryl methyl sites for hydroxylation is 3. The first kappa shape index (κ1) is 15.6. The fourth-order valence-electron chi connectivity index (χ4n) is 2.41. The average molecular weight is 287 g/mol. The topological polar surface area (TPSA) is 41.1 Å². The minimum atomic E-state index is 0.697. The van der Waals surface area contributed by atoms with E-state index in [1.54, 1.807) is 6.33 Å². The lowest BCUT2D eigenvalue weighted by Crippen LogP contribution is -2.28. The third-order valence-electron chi connectivity index (χ3n) is 3.82. The predicted octanol–water partition coefficient (Wildman–Crippen LogP) is 3.24. The summed E-state index contributed by atoms with van der Waals surface area (Å²) in [5, 5.41) is 0. The standard InChI is InChI=1S/C17H25N3O/c1-5-20(11-16-15(4)18-12-19-16)9-10-21-17-13(2)7-6-8-14(17)3/h6-8,12H,5,9-11H2,1-4H3,(H,18,19). The van der Waals surface area contributed by atoms with E-state index in [1.807, 2.05) is 0 Å². The highest BCUT2D eigenvalue weighted by Crippen LogP contribution is 2.22. The second kappa shape index (κ2) is 7.27. The number of nitrogens with one attached hydrogen (secondary N) is 1. The SMILES string of the molecule is CCN(CCOc1c(C)cccc1C)Cc1nc[nH]c1C. The highest BCUT2D eigenvalue weighted by Gasteiger charge is 2.09. The van der Waals surface area contributed by atoms with Crippen molar-refractivity contribution in [2.75, 3.05) is 19.7 Å². The van der Waals surface area contributed by atoms with Gasteiger partial charge in [0.25, 0.3) is 0 Å². The Morgan fingerprint density at radius 3 is 2.48 bits per heavy atom. The van der Waals surface area contributed by atoms with Gasteiger partial charge in [-0.3, -0.25) is 4.90 Å². The van der Waals surface area contributed by atoms with Crippen molar-refractivity contribution in [1.82, 2.24) is 14.9 Å².